The van der Waals surface area contributed by atoms with Crippen molar-refractivity contribution < 1.29 is 19.1 Å². The van der Waals surface area contributed by atoms with Crippen molar-refractivity contribution in [1.82, 2.24) is 4.90 Å². The second kappa shape index (κ2) is 4.41. The molecule has 0 spiro atoms. The molecular weight excluding hydrogens is 326 g/mol. The molecule has 3 rings (SSSR count). The van der Waals surface area contributed by atoms with E-state index in [1.165, 1.54) is 0 Å². The summed E-state index contributed by atoms with van der Waals surface area (Å²) in [6, 6.07) is 0. The number of fused-ring (bicyclic) bond motifs is 5. The van der Waals surface area contributed by atoms with Crippen LogP contribution in [-0.2, 0) is 19.1 Å². The van der Waals surface area contributed by atoms with E-state index >= 15 is 0 Å². The van der Waals surface area contributed by atoms with Gasteiger partial charge in [0, 0.05) is 0 Å². The van der Waals surface area contributed by atoms with E-state index < -0.39 is 10.3 Å². The monoisotopic (exact) mass is 341 g/mol. The Labute approximate surface area is 125 Å². The number of alkyl halides is 1. The van der Waals surface area contributed by atoms with Crippen molar-refractivity contribution in [3.8, 4) is 0 Å². The van der Waals surface area contributed by atoms with E-state index in [2.05, 4.69) is 15.9 Å². The summed E-state index contributed by atoms with van der Waals surface area (Å²) in [5, 5.41) is 0. The summed E-state index contributed by atoms with van der Waals surface area (Å²) in [5.74, 6) is -1.02. The summed E-state index contributed by atoms with van der Waals surface area (Å²) in [7, 11) is 0. The van der Waals surface area contributed by atoms with Gasteiger partial charge in [-0.05, 0) is 32.1 Å². The maximum atomic E-state index is 12.3. The van der Waals surface area contributed by atoms with Crippen LogP contribution in [0.1, 0.15) is 20.3 Å². The number of carbonyl (C=O) groups excluding carboxylic acids is 3. The van der Waals surface area contributed by atoms with Crippen molar-refractivity contribution in [2.24, 2.45) is 23.7 Å². The SMILES string of the molecule is CC(C)(Br)C(=O)OCN1C(=O)[C@@H]2C3C=CC(C3)[C@@H]2C1=O. The zero-order chi connectivity index (χ0) is 14.7. The van der Waals surface area contributed by atoms with Gasteiger partial charge >= 0.3 is 5.97 Å². The maximum absolute atomic E-state index is 12.3. The van der Waals surface area contributed by atoms with Crippen LogP contribution < -0.4 is 0 Å². The molecule has 3 aliphatic rings. The second-order valence-electron chi connectivity index (χ2n) is 6.14. The number of hydrogen-bond acceptors (Lipinski definition) is 4. The third-order valence-corrected chi connectivity index (χ3v) is 4.70. The minimum atomic E-state index is -0.824. The van der Waals surface area contributed by atoms with E-state index in [0.717, 1.165) is 11.3 Å². The number of carbonyl (C=O) groups is 3. The molecule has 5 nitrogen and oxygen atoms in total. The molecule has 1 aliphatic heterocycles. The normalized spacial score (nSPS) is 34.9. The van der Waals surface area contributed by atoms with Crippen LogP contribution in [-0.4, -0.2) is 33.7 Å². The van der Waals surface area contributed by atoms with Crippen molar-refractivity contribution in [2.75, 3.05) is 6.73 Å². The van der Waals surface area contributed by atoms with Crippen LogP contribution in [0.4, 0.5) is 0 Å². The van der Waals surface area contributed by atoms with Gasteiger partial charge in [-0.1, -0.05) is 28.1 Å². The zero-order valence-corrected chi connectivity index (χ0v) is 12.9. The number of allylic oxidation sites excluding steroid dienone is 2. The second-order valence-corrected chi connectivity index (χ2v) is 8.12. The van der Waals surface area contributed by atoms with Gasteiger partial charge in [-0.25, -0.2) is 4.90 Å². The number of hydrogen-bond donors (Lipinski definition) is 0. The summed E-state index contributed by atoms with van der Waals surface area (Å²) in [6.07, 6.45) is 4.97. The molecule has 6 heteroatoms. The first kappa shape index (κ1) is 13.8. The highest BCUT2D eigenvalue weighted by molar-refractivity contribution is 9.10. The smallest absolute Gasteiger partial charge is 0.324 e. The molecule has 2 unspecified atom stereocenters. The zero-order valence-electron chi connectivity index (χ0n) is 11.3. The number of halogens is 1. The van der Waals surface area contributed by atoms with E-state index in [-0.39, 0.29) is 42.2 Å². The number of rotatable bonds is 3. The number of imide groups is 1. The minimum absolute atomic E-state index is 0.176. The van der Waals surface area contributed by atoms with Crippen molar-refractivity contribution in [3.05, 3.63) is 12.2 Å². The van der Waals surface area contributed by atoms with Gasteiger partial charge in [0.25, 0.3) is 0 Å². The Morgan fingerprint density at radius 1 is 1.30 bits per heavy atom. The maximum Gasteiger partial charge on any atom is 0.324 e. The molecule has 1 saturated heterocycles. The van der Waals surface area contributed by atoms with Crippen LogP contribution in [0.15, 0.2) is 12.2 Å². The van der Waals surface area contributed by atoms with E-state index in [0.29, 0.717) is 0 Å². The first-order chi connectivity index (χ1) is 9.30. The lowest BCUT2D eigenvalue weighted by Crippen LogP contribution is -2.38. The van der Waals surface area contributed by atoms with E-state index in [1.807, 2.05) is 12.2 Å². The Kier molecular flexibility index (Phi) is 3.04. The highest BCUT2D eigenvalue weighted by Gasteiger charge is 2.59. The lowest BCUT2D eigenvalue weighted by Gasteiger charge is -2.20. The van der Waals surface area contributed by atoms with Crippen molar-refractivity contribution in [3.63, 3.8) is 0 Å². The van der Waals surface area contributed by atoms with Gasteiger partial charge in [-0.3, -0.25) is 14.4 Å². The molecule has 2 fully saturated rings. The molecular formula is C14H16BrNO4. The first-order valence-corrected chi connectivity index (χ1v) is 7.49. The Bertz CT molecular complexity index is 492. The molecule has 2 amide bonds. The third kappa shape index (κ3) is 1.92. The Hall–Kier alpha value is -1.17. The number of esters is 1. The fraction of sp³-hybridized carbons (Fsp3) is 0.643. The van der Waals surface area contributed by atoms with Crippen LogP contribution in [0.2, 0.25) is 0 Å². The van der Waals surface area contributed by atoms with E-state index in [9.17, 15) is 14.4 Å². The molecule has 2 aliphatic carbocycles. The summed E-state index contributed by atoms with van der Waals surface area (Å²) in [4.78, 5) is 37.4. The highest BCUT2D eigenvalue weighted by Crippen LogP contribution is 2.52. The fourth-order valence-electron chi connectivity index (χ4n) is 3.39. The van der Waals surface area contributed by atoms with E-state index in [1.54, 1.807) is 13.8 Å². The van der Waals surface area contributed by atoms with Crippen LogP contribution in [0.5, 0.6) is 0 Å². The predicted molar refractivity (Wildman–Crippen MR) is 73.5 cm³/mol. The van der Waals surface area contributed by atoms with Crippen molar-refractivity contribution >= 4 is 33.7 Å². The minimum Gasteiger partial charge on any atom is -0.443 e. The molecule has 1 heterocycles. The number of amides is 2. The molecule has 0 aromatic rings. The number of ether oxygens (including phenoxy) is 1. The average molecular weight is 342 g/mol. The fourth-order valence-corrected chi connectivity index (χ4v) is 3.50. The van der Waals surface area contributed by atoms with Crippen LogP contribution >= 0.6 is 15.9 Å². The molecule has 0 N–H and O–H groups in total. The molecule has 20 heavy (non-hydrogen) atoms. The Morgan fingerprint density at radius 3 is 2.25 bits per heavy atom. The van der Waals surface area contributed by atoms with Gasteiger partial charge in [-0.15, -0.1) is 0 Å². The summed E-state index contributed by atoms with van der Waals surface area (Å²) >= 11 is 3.19. The number of nitrogens with zero attached hydrogens (tertiary/aromatic N) is 1. The number of likely N-dealkylation sites (tertiary alicyclic amines) is 1. The van der Waals surface area contributed by atoms with Gasteiger partial charge in [0.15, 0.2) is 6.73 Å². The Morgan fingerprint density at radius 2 is 1.80 bits per heavy atom. The molecule has 4 atom stereocenters. The van der Waals surface area contributed by atoms with Gasteiger partial charge in [0.1, 0.15) is 4.32 Å². The Balaban J connectivity index is 1.70. The average Bonchev–Trinajstić information content (AvgIpc) is 3.01. The summed E-state index contributed by atoms with van der Waals surface area (Å²) < 4.78 is 4.24. The standard InChI is InChI=1S/C14H16BrNO4/c1-14(2,15)13(19)20-6-16-11(17)9-7-3-4-8(5-7)10(9)12(16)18/h3-4,7-10H,5-6H2,1-2H3/t7?,8?,9-,10+. The molecule has 1 saturated carbocycles. The first-order valence-electron chi connectivity index (χ1n) is 6.70. The van der Waals surface area contributed by atoms with Gasteiger partial charge in [-0.2, -0.15) is 0 Å². The van der Waals surface area contributed by atoms with Crippen molar-refractivity contribution in [1.29, 1.82) is 0 Å². The molecule has 2 bridgehead atoms. The third-order valence-electron chi connectivity index (χ3n) is 4.37. The molecule has 0 aromatic carbocycles. The van der Waals surface area contributed by atoms with Crippen LogP contribution in [0.25, 0.3) is 0 Å². The van der Waals surface area contributed by atoms with Crippen LogP contribution in [0.3, 0.4) is 0 Å². The lowest BCUT2D eigenvalue weighted by atomic mass is 9.85. The summed E-state index contributed by atoms with van der Waals surface area (Å²) in [5.41, 5.74) is 0. The summed E-state index contributed by atoms with van der Waals surface area (Å²) in [6.45, 7) is 3.03. The van der Waals surface area contributed by atoms with Crippen LogP contribution in [0, 0.1) is 23.7 Å². The topological polar surface area (TPSA) is 63.7 Å². The van der Waals surface area contributed by atoms with E-state index in [4.69, 9.17) is 4.74 Å². The van der Waals surface area contributed by atoms with Gasteiger partial charge in [0.05, 0.1) is 11.8 Å². The quantitative estimate of drug-likeness (QED) is 0.337. The molecule has 0 aromatic heterocycles. The van der Waals surface area contributed by atoms with Gasteiger partial charge < -0.3 is 4.74 Å². The molecule has 108 valence electrons. The molecule has 0 radical (unpaired) electrons. The highest BCUT2D eigenvalue weighted by atomic mass is 79.9. The lowest BCUT2D eigenvalue weighted by molar-refractivity contribution is -0.157. The largest absolute Gasteiger partial charge is 0.443 e. The van der Waals surface area contributed by atoms with Gasteiger partial charge in [0.2, 0.25) is 11.8 Å². The van der Waals surface area contributed by atoms with Crippen molar-refractivity contribution in [2.45, 2.75) is 24.6 Å². The predicted octanol–water partition coefficient (Wildman–Crippen LogP) is 1.47.